The first kappa shape index (κ1) is 11.0. The first-order valence-corrected chi connectivity index (χ1v) is 6.88. The van der Waals surface area contributed by atoms with Crippen LogP contribution < -0.4 is 0 Å². The largest absolute Gasteiger partial charge is 0.357 e. The smallest absolute Gasteiger partial charge is 0.218 e. The van der Waals surface area contributed by atoms with Crippen molar-refractivity contribution >= 4 is 33.8 Å². The number of hydrogen-bond donors (Lipinski definition) is 0. The summed E-state index contributed by atoms with van der Waals surface area (Å²) in [6.45, 7) is 0. The van der Waals surface area contributed by atoms with Crippen molar-refractivity contribution in [3.8, 4) is 0 Å². The Morgan fingerprint density at radius 3 is 1.80 bits per heavy atom. The second-order valence-electron chi connectivity index (χ2n) is 3.17. The van der Waals surface area contributed by atoms with Crippen LogP contribution in [0.25, 0.3) is 0 Å². The zero-order chi connectivity index (χ0) is 11.0. The Morgan fingerprint density at radius 1 is 1.07 bits per heavy atom. The van der Waals surface area contributed by atoms with E-state index < -0.39 is 0 Å². The highest BCUT2D eigenvalue weighted by atomic mass is 32.2. The molecule has 2 unspecified atom stereocenters. The molecule has 2 rings (SSSR count). The highest BCUT2D eigenvalue weighted by molar-refractivity contribution is 8.14. The maximum atomic E-state index is 11.7. The van der Waals surface area contributed by atoms with Gasteiger partial charge < -0.3 is 4.74 Å². The molecule has 80 valence electrons. The van der Waals surface area contributed by atoms with Gasteiger partial charge >= 0.3 is 0 Å². The summed E-state index contributed by atoms with van der Waals surface area (Å²) in [5.41, 5.74) is 1.07. The SMILES string of the molecule is CSC(=O)C1=C(C(=O)SC)C2C=CC1O2. The molecule has 0 aromatic rings. The van der Waals surface area contributed by atoms with Crippen molar-refractivity contribution in [2.24, 2.45) is 0 Å². The number of hydrogen-bond acceptors (Lipinski definition) is 5. The fourth-order valence-corrected chi connectivity index (χ4v) is 2.65. The third-order valence-corrected chi connectivity index (χ3v) is 3.61. The molecule has 0 spiro atoms. The van der Waals surface area contributed by atoms with Crippen molar-refractivity contribution in [3.63, 3.8) is 0 Å². The molecule has 0 saturated heterocycles. The van der Waals surface area contributed by atoms with E-state index in [9.17, 15) is 9.59 Å². The Balaban J connectivity index is 2.40. The van der Waals surface area contributed by atoms with Crippen molar-refractivity contribution in [3.05, 3.63) is 23.3 Å². The van der Waals surface area contributed by atoms with Crippen LogP contribution in [0.4, 0.5) is 0 Å². The minimum Gasteiger partial charge on any atom is -0.357 e. The average Bonchev–Trinajstić information content (AvgIpc) is 2.86. The van der Waals surface area contributed by atoms with E-state index in [1.54, 1.807) is 12.5 Å². The van der Waals surface area contributed by atoms with Gasteiger partial charge in [0.15, 0.2) is 0 Å². The summed E-state index contributed by atoms with van der Waals surface area (Å²) in [5, 5.41) is -0.131. The maximum Gasteiger partial charge on any atom is 0.218 e. The van der Waals surface area contributed by atoms with E-state index in [0.717, 1.165) is 23.5 Å². The van der Waals surface area contributed by atoms with Crippen LogP contribution >= 0.6 is 23.5 Å². The fraction of sp³-hybridized carbons (Fsp3) is 0.400. The van der Waals surface area contributed by atoms with Crippen molar-refractivity contribution in [2.45, 2.75) is 12.2 Å². The lowest BCUT2D eigenvalue weighted by Gasteiger charge is -2.08. The summed E-state index contributed by atoms with van der Waals surface area (Å²) < 4.78 is 5.49. The lowest BCUT2D eigenvalue weighted by Crippen LogP contribution is -2.15. The molecule has 0 amide bonds. The molecule has 0 aromatic heterocycles. The van der Waals surface area contributed by atoms with E-state index >= 15 is 0 Å². The predicted molar refractivity (Wildman–Crippen MR) is 61.9 cm³/mol. The molecule has 0 aliphatic carbocycles. The minimum absolute atomic E-state index is 0.0655. The Hall–Kier alpha value is -0.520. The summed E-state index contributed by atoms with van der Waals surface area (Å²) >= 11 is 2.24. The molecule has 0 radical (unpaired) electrons. The number of ether oxygens (including phenoxy) is 1. The summed E-state index contributed by atoms with van der Waals surface area (Å²) in [6, 6.07) is 0. The van der Waals surface area contributed by atoms with Crippen molar-refractivity contribution in [1.82, 2.24) is 0 Å². The Kier molecular flexibility index (Phi) is 3.04. The number of carbonyl (C=O) groups is 2. The number of fused-ring (bicyclic) bond motifs is 2. The standard InChI is InChI=1S/C10H10O3S2/c1-14-9(11)7-5-3-4-6(13-5)8(7)10(12)15-2/h3-6H,1-2H3. The molecule has 2 aliphatic rings. The van der Waals surface area contributed by atoms with Gasteiger partial charge in [0, 0.05) is 11.1 Å². The van der Waals surface area contributed by atoms with Gasteiger partial charge in [-0.1, -0.05) is 35.7 Å². The fourth-order valence-electron chi connectivity index (χ4n) is 1.76. The molecule has 0 saturated carbocycles. The van der Waals surface area contributed by atoms with Crippen molar-refractivity contribution < 1.29 is 14.3 Å². The van der Waals surface area contributed by atoms with Gasteiger partial charge in [0.25, 0.3) is 0 Å². The third-order valence-electron chi connectivity index (χ3n) is 2.42. The monoisotopic (exact) mass is 242 g/mol. The van der Waals surface area contributed by atoms with Gasteiger partial charge in [0.05, 0.1) is 0 Å². The van der Waals surface area contributed by atoms with Gasteiger partial charge in [-0.25, -0.2) is 0 Å². The molecule has 15 heavy (non-hydrogen) atoms. The van der Waals surface area contributed by atoms with E-state index in [0.29, 0.717) is 11.1 Å². The van der Waals surface area contributed by atoms with Gasteiger partial charge in [-0.2, -0.15) is 0 Å². The molecule has 2 aliphatic heterocycles. The van der Waals surface area contributed by atoms with Crippen LogP contribution in [0.15, 0.2) is 23.3 Å². The quantitative estimate of drug-likeness (QED) is 0.685. The van der Waals surface area contributed by atoms with Crippen molar-refractivity contribution in [1.29, 1.82) is 0 Å². The van der Waals surface area contributed by atoms with Crippen LogP contribution in [-0.2, 0) is 14.3 Å². The normalized spacial score (nSPS) is 27.6. The van der Waals surface area contributed by atoms with Crippen LogP contribution in [0.2, 0.25) is 0 Å². The lowest BCUT2D eigenvalue weighted by molar-refractivity contribution is -0.110. The number of carbonyl (C=O) groups excluding carboxylic acids is 2. The van der Waals surface area contributed by atoms with E-state index in [-0.39, 0.29) is 22.4 Å². The molecular formula is C10H10O3S2. The van der Waals surface area contributed by atoms with Crippen LogP contribution in [0, 0.1) is 0 Å². The van der Waals surface area contributed by atoms with Gasteiger partial charge in [-0.05, 0) is 12.5 Å². The van der Waals surface area contributed by atoms with Gasteiger partial charge in [-0.15, -0.1) is 0 Å². The van der Waals surface area contributed by atoms with Gasteiger partial charge in [0.1, 0.15) is 12.2 Å². The zero-order valence-electron chi connectivity index (χ0n) is 8.35. The Labute approximate surface area is 96.3 Å². The van der Waals surface area contributed by atoms with Gasteiger partial charge in [0.2, 0.25) is 10.2 Å². The second kappa shape index (κ2) is 4.15. The third kappa shape index (κ3) is 1.68. The molecule has 0 N–H and O–H groups in total. The predicted octanol–water partition coefficient (Wildman–Crippen LogP) is 1.40. The highest BCUT2D eigenvalue weighted by Gasteiger charge is 2.41. The minimum atomic E-state index is -0.305. The van der Waals surface area contributed by atoms with E-state index in [2.05, 4.69) is 0 Å². The zero-order valence-corrected chi connectivity index (χ0v) is 9.98. The Bertz CT molecular complexity index is 350. The van der Waals surface area contributed by atoms with Crippen LogP contribution in [0.1, 0.15) is 0 Å². The maximum absolute atomic E-state index is 11.7. The number of thioether (sulfide) groups is 2. The molecular weight excluding hydrogens is 232 g/mol. The molecule has 3 nitrogen and oxygen atoms in total. The van der Waals surface area contributed by atoms with E-state index in [4.69, 9.17) is 4.74 Å². The molecule has 0 fully saturated rings. The molecule has 2 heterocycles. The molecule has 0 aromatic carbocycles. The molecule has 2 bridgehead atoms. The summed E-state index contributed by atoms with van der Waals surface area (Å²) in [5.74, 6) is 0. The molecule has 5 heteroatoms. The summed E-state index contributed by atoms with van der Waals surface area (Å²) in [4.78, 5) is 23.3. The van der Waals surface area contributed by atoms with Crippen LogP contribution in [0.3, 0.4) is 0 Å². The average molecular weight is 242 g/mol. The van der Waals surface area contributed by atoms with E-state index in [1.807, 2.05) is 12.2 Å². The van der Waals surface area contributed by atoms with Crippen molar-refractivity contribution in [2.75, 3.05) is 12.5 Å². The number of rotatable bonds is 2. The van der Waals surface area contributed by atoms with Crippen LogP contribution in [0.5, 0.6) is 0 Å². The molecule has 2 atom stereocenters. The summed E-state index contributed by atoms with van der Waals surface area (Å²) in [7, 11) is 0. The van der Waals surface area contributed by atoms with Crippen LogP contribution in [-0.4, -0.2) is 35.0 Å². The van der Waals surface area contributed by atoms with Gasteiger partial charge in [-0.3, -0.25) is 9.59 Å². The first-order valence-electron chi connectivity index (χ1n) is 4.43. The summed E-state index contributed by atoms with van der Waals surface area (Å²) in [6.07, 6.45) is 6.50. The Morgan fingerprint density at radius 2 is 1.47 bits per heavy atom. The lowest BCUT2D eigenvalue weighted by atomic mass is 9.99. The second-order valence-corrected chi connectivity index (χ2v) is 4.73. The topological polar surface area (TPSA) is 43.4 Å². The highest BCUT2D eigenvalue weighted by Crippen LogP contribution is 2.38. The van der Waals surface area contributed by atoms with E-state index in [1.165, 1.54) is 0 Å². The first-order chi connectivity index (χ1) is 7.19.